The van der Waals surface area contributed by atoms with Crippen molar-refractivity contribution >= 4 is 97.8 Å². The number of aliphatic hydroxyl groups is 1. The average molecular weight is 1530 g/mol. The summed E-state index contributed by atoms with van der Waals surface area (Å²) in [4.78, 5) is 188. The summed E-state index contributed by atoms with van der Waals surface area (Å²) in [6.45, 7) is 11.2. The summed E-state index contributed by atoms with van der Waals surface area (Å²) in [5.41, 5.74) is 11.9. The van der Waals surface area contributed by atoms with Crippen LogP contribution in [0.5, 0.6) is 0 Å². The van der Waals surface area contributed by atoms with Gasteiger partial charge in [0.1, 0.15) is 66.0 Å². The van der Waals surface area contributed by atoms with Crippen molar-refractivity contribution in [2.75, 3.05) is 25.9 Å². The molecule has 1 fully saturated rings. The van der Waals surface area contributed by atoms with Gasteiger partial charge in [0.25, 0.3) is 16.0 Å². The van der Waals surface area contributed by atoms with E-state index < -0.39 is 190 Å². The number of benzene rings is 2. The van der Waals surface area contributed by atoms with Crippen LogP contribution < -0.4 is 64.6 Å². The zero-order valence-corrected chi connectivity index (χ0v) is 62.9. The zero-order chi connectivity index (χ0) is 80.1. The van der Waals surface area contributed by atoms with E-state index in [-0.39, 0.29) is 87.6 Å². The van der Waals surface area contributed by atoms with Crippen molar-refractivity contribution in [1.82, 2.24) is 73.0 Å². The van der Waals surface area contributed by atoms with E-state index >= 15 is 0 Å². The van der Waals surface area contributed by atoms with Crippen molar-refractivity contribution < 1.29 is 84.8 Å². The van der Waals surface area contributed by atoms with Gasteiger partial charge in [0.2, 0.25) is 70.9 Å². The number of para-hydroxylation sites is 1. The Morgan fingerprint density at radius 3 is 1.94 bits per heavy atom. The Kier molecular flexibility index (Phi) is 35.0. The number of hydrogen-bond acceptors (Lipinski definition) is 18. The van der Waals surface area contributed by atoms with Gasteiger partial charge < -0.3 is 84.6 Å². The van der Waals surface area contributed by atoms with E-state index in [9.17, 15) is 90.1 Å². The largest absolute Gasteiger partial charge is 0.390 e. The van der Waals surface area contributed by atoms with Crippen molar-refractivity contribution in [3.8, 4) is 6.07 Å². The Bertz CT molecular complexity index is 3950. The van der Waals surface area contributed by atoms with Crippen molar-refractivity contribution in [2.24, 2.45) is 35.1 Å². The van der Waals surface area contributed by atoms with Crippen LogP contribution in [0.25, 0.3) is 10.9 Å². The van der Waals surface area contributed by atoms with Crippen molar-refractivity contribution in [1.29, 1.82) is 5.26 Å². The summed E-state index contributed by atoms with van der Waals surface area (Å²) in [6.07, 6.45) is 6.10. The molecule has 1 aliphatic rings. The molecule has 34 nitrogen and oxygen atoms in total. The highest BCUT2D eigenvalue weighted by Gasteiger charge is 2.37. The number of nitrogens with one attached hydrogen (secondary N) is 12. The van der Waals surface area contributed by atoms with E-state index in [1.165, 1.54) is 26.5 Å². The third-order valence-corrected chi connectivity index (χ3v) is 18.9. The second-order valence-corrected chi connectivity index (χ2v) is 30.1. The first-order valence-electron chi connectivity index (χ1n) is 36.1. The minimum absolute atomic E-state index is 0.00660. The monoisotopic (exact) mass is 1530 g/mol. The summed E-state index contributed by atoms with van der Waals surface area (Å²) < 4.78 is 48.0. The number of primary amides is 2. The zero-order valence-electron chi connectivity index (χ0n) is 62.1. The van der Waals surface area contributed by atoms with E-state index in [2.05, 4.69) is 68.1 Å². The standard InChI is InChI=1S/C72H104FN17O17S/c1-39(2)26-52(58(91)32-61(94)83-53(64(76)96)27-40(3)4)85-70(102)56(31-47-35-77-38-80-47)84-62(95)36-90(8)72(104)63(41(5)6)89-65(97)42(7)81-69(101)55(30-46-34-79-50-19-13-12-18-48(46)50)87-68(100)51(23-24-59(75)92)82-60(93)20-14-15-25-78-67(99)54(28-43-16-10-9-11-17-43)86-71(103)57(37-108(105,106)107)88-66(98)44-21-22-49(73)45(29-44)33-74/h12-13,18-19,21-22,29,34-35,38-43,51-58,63,79,91H,9-11,14-17,20,23-28,30-32,36-37H2,1-8H3,(H2,75,92)(H2,76,96)(H,77,80)(H,78,99)(H,81,101)(H,82,93)(H,83,94)(H,84,95)(H,85,102)(H,86,103)(H,87,100)(H,88,98)(H,89,97)(H,105,106,107)/t42-,51-,52-,53-,54+,55-,56-,57-,58-,63-/m0/s1/i73-1. The lowest BCUT2D eigenvalue weighted by Crippen LogP contribution is -2.59. The first-order chi connectivity index (χ1) is 50.9. The van der Waals surface area contributed by atoms with Crippen LogP contribution in [0, 0.1) is 40.8 Å². The van der Waals surface area contributed by atoms with Crippen LogP contribution in [0.15, 0.2) is 61.2 Å². The number of aromatic amines is 2. The van der Waals surface area contributed by atoms with Crippen molar-refractivity contribution in [2.45, 2.75) is 212 Å². The van der Waals surface area contributed by atoms with Crippen LogP contribution in [0.2, 0.25) is 0 Å². The normalized spacial score (nSPS) is 15.2. The average Bonchev–Trinajstić information content (AvgIpc) is 1.28. The Labute approximate surface area is 626 Å². The third-order valence-electron chi connectivity index (χ3n) is 18.1. The molecule has 18 N–H and O–H groups in total. The fourth-order valence-corrected chi connectivity index (χ4v) is 13.0. The van der Waals surface area contributed by atoms with Crippen LogP contribution in [-0.4, -0.2) is 201 Å². The fraction of sp³-hybridized carbons (Fsp3) is 0.569. The highest BCUT2D eigenvalue weighted by Crippen LogP contribution is 2.28. The molecule has 5 rings (SSSR count). The number of rotatable bonds is 44. The number of H-pyrrole nitrogens is 2. The summed E-state index contributed by atoms with van der Waals surface area (Å²) in [5.74, 6) is -13.8. The van der Waals surface area contributed by atoms with Gasteiger partial charge in [0.15, 0.2) is 0 Å². The molecular formula is C72H104FN17O17S. The summed E-state index contributed by atoms with van der Waals surface area (Å²) in [6, 6.07) is -0.829. The molecule has 1 aliphatic carbocycles. The molecule has 13 amide bonds. The Balaban J connectivity index is 1.23. The molecule has 0 aliphatic heterocycles. The Morgan fingerprint density at radius 2 is 1.31 bits per heavy atom. The van der Waals surface area contributed by atoms with Crippen molar-refractivity contribution in [3.63, 3.8) is 0 Å². The molecule has 2 heterocycles. The highest BCUT2D eigenvalue weighted by atomic mass is 32.2. The maximum Gasteiger partial charge on any atom is 0.267 e. The number of carbonyl (C=O) groups excluding carboxylic acids is 13. The number of imidazole rings is 1. The lowest BCUT2D eigenvalue weighted by Gasteiger charge is -2.30. The van der Waals surface area contributed by atoms with Gasteiger partial charge in [-0.05, 0) is 98.9 Å². The number of amides is 13. The lowest BCUT2D eigenvalue weighted by atomic mass is 9.84. The van der Waals surface area contributed by atoms with Gasteiger partial charge in [-0.3, -0.25) is 66.9 Å². The molecule has 0 spiro atoms. The Hall–Kier alpha value is -10.4. The summed E-state index contributed by atoms with van der Waals surface area (Å²) in [5, 5.41) is 47.1. The number of halogens is 1. The SMILES string of the molecule is CC(C)C[C@H](NC(=O)C[C@H](O)[C@H](CC(C)C)NC(=O)[C@H](Cc1cnc[nH]1)NC(=O)CN(C)C(=O)[C@@H](NC(=O)[C@H](C)NC(=O)[C@H](Cc1c[nH]c2ccccc12)NC(=O)[C@H](CCC(N)=O)NC(=O)CCCCNC(=O)[C@@H](CC1CCCCC1)NC(=O)[C@H](CS(=O)(=O)O)NC(=O)c1ccc([18F])c(C#N)c1)C(C)C)C(N)=O. The molecular weight excluding hydrogens is 1420 g/mol. The number of aromatic nitrogens is 3. The van der Waals surface area contributed by atoms with Gasteiger partial charge in [-0.1, -0.05) is 91.8 Å². The van der Waals surface area contributed by atoms with Crippen LogP contribution in [0.4, 0.5) is 4.39 Å². The van der Waals surface area contributed by atoms with Gasteiger partial charge in [0.05, 0.1) is 37.0 Å². The van der Waals surface area contributed by atoms with E-state index in [1.807, 2.05) is 27.7 Å². The smallest absolute Gasteiger partial charge is 0.267 e. The van der Waals surface area contributed by atoms with E-state index in [4.69, 9.17) is 11.5 Å². The molecule has 0 bridgehead atoms. The Morgan fingerprint density at radius 1 is 0.685 bits per heavy atom. The van der Waals surface area contributed by atoms with E-state index in [0.717, 1.165) is 42.4 Å². The molecule has 10 atom stereocenters. The number of unbranched alkanes of at least 4 members (excludes halogenated alkanes) is 1. The van der Waals surface area contributed by atoms with Gasteiger partial charge in [0, 0.05) is 73.8 Å². The third kappa shape index (κ3) is 29.7. The minimum Gasteiger partial charge on any atom is -0.390 e. The quantitative estimate of drug-likeness (QED) is 0.0208. The molecule has 36 heteroatoms. The van der Waals surface area contributed by atoms with Crippen LogP contribution in [0.1, 0.15) is 166 Å². The molecule has 592 valence electrons. The van der Waals surface area contributed by atoms with E-state index in [0.29, 0.717) is 35.0 Å². The van der Waals surface area contributed by atoms with Gasteiger partial charge in [-0.25, -0.2) is 9.37 Å². The predicted molar refractivity (Wildman–Crippen MR) is 392 cm³/mol. The second-order valence-electron chi connectivity index (χ2n) is 28.6. The topological polar surface area (TPSA) is 540 Å². The number of nitrogens with zero attached hydrogens (tertiary/aromatic N) is 3. The van der Waals surface area contributed by atoms with E-state index in [1.54, 1.807) is 50.4 Å². The number of aliphatic hydroxyl groups excluding tert-OH is 1. The number of fused-ring (bicyclic) bond motifs is 1. The number of nitriles is 1. The van der Waals surface area contributed by atoms with Gasteiger partial charge >= 0.3 is 0 Å². The van der Waals surface area contributed by atoms with Gasteiger partial charge in [-0.2, -0.15) is 13.7 Å². The van der Waals surface area contributed by atoms with Gasteiger partial charge in [-0.15, -0.1) is 0 Å². The number of carbonyl (C=O) groups is 13. The first kappa shape index (κ1) is 88.2. The molecule has 2 aromatic carbocycles. The highest BCUT2D eigenvalue weighted by molar-refractivity contribution is 7.85. The van der Waals surface area contributed by atoms with Crippen LogP contribution in [-0.2, 0) is 80.5 Å². The number of likely N-dealkylation sites (N-methyl/N-ethyl adjacent to an activating group) is 1. The summed E-state index contributed by atoms with van der Waals surface area (Å²) in [7, 11) is -3.64. The fourth-order valence-electron chi connectivity index (χ4n) is 12.4. The van der Waals surface area contributed by atoms with Crippen LogP contribution in [0.3, 0.4) is 0 Å². The molecule has 108 heavy (non-hydrogen) atoms. The van der Waals surface area contributed by atoms with Crippen molar-refractivity contribution in [3.05, 3.63) is 89.4 Å². The first-order valence-corrected chi connectivity index (χ1v) is 37.7. The number of hydrogen-bond donors (Lipinski definition) is 16. The minimum atomic E-state index is -4.94. The number of nitrogens with two attached hydrogens (primary N) is 2. The molecule has 2 aromatic heterocycles. The predicted octanol–water partition coefficient (Wildman–Crippen LogP) is 0.237. The molecule has 0 unspecified atom stereocenters. The lowest BCUT2D eigenvalue weighted by molar-refractivity contribution is -0.140. The summed E-state index contributed by atoms with van der Waals surface area (Å²) >= 11 is 0. The molecule has 4 aromatic rings. The van der Waals surface area contributed by atoms with Crippen LogP contribution >= 0.6 is 0 Å². The molecule has 0 radical (unpaired) electrons. The molecule has 0 saturated heterocycles. The maximum absolute atomic E-state index is 14.5. The second kappa shape index (κ2) is 42.8. The maximum atomic E-state index is 14.5. The molecule has 1 saturated carbocycles.